The molecule has 1 aliphatic heterocycles. The zero-order chi connectivity index (χ0) is 18.2. The molecule has 2 amide bonds. The number of rotatable bonds is 4. The van der Waals surface area contributed by atoms with E-state index in [2.05, 4.69) is 5.32 Å². The summed E-state index contributed by atoms with van der Waals surface area (Å²) in [5.41, 5.74) is 1.53. The van der Waals surface area contributed by atoms with Crippen molar-refractivity contribution in [1.29, 1.82) is 0 Å². The summed E-state index contributed by atoms with van der Waals surface area (Å²) < 4.78 is 30.9. The maximum atomic E-state index is 12.5. The first kappa shape index (κ1) is 18.3. The first-order chi connectivity index (χ1) is 11.8. The molecule has 1 aliphatic rings. The molecule has 3 rings (SSSR count). The molecule has 1 heterocycles. The van der Waals surface area contributed by atoms with Crippen LogP contribution < -0.4 is 14.4 Å². The van der Waals surface area contributed by atoms with E-state index in [0.717, 1.165) is 5.56 Å². The summed E-state index contributed by atoms with van der Waals surface area (Å²) in [6.07, 6.45) is 0. The fraction of sp³-hybridized carbons (Fsp3) is 0.188. The molecule has 2 aromatic rings. The van der Waals surface area contributed by atoms with E-state index >= 15 is 0 Å². The van der Waals surface area contributed by atoms with Gasteiger partial charge >= 0.3 is 16.1 Å². The normalized spacial score (nSPS) is 14.5. The lowest BCUT2D eigenvalue weighted by atomic mass is 10.2. The van der Waals surface area contributed by atoms with Gasteiger partial charge in [0.05, 0.1) is 8.59 Å². The van der Waals surface area contributed by atoms with Gasteiger partial charge in [0.25, 0.3) is 0 Å². The summed E-state index contributed by atoms with van der Waals surface area (Å²) in [4.78, 5) is 13.2. The summed E-state index contributed by atoms with van der Waals surface area (Å²) in [7, 11) is -4.03. The molecule has 0 atom stereocenters. The van der Waals surface area contributed by atoms with Crippen molar-refractivity contribution in [3.05, 3.63) is 50.6 Å². The molecule has 0 spiro atoms. The fourth-order valence-corrected chi connectivity index (χ4v) is 4.96. The van der Waals surface area contributed by atoms with Gasteiger partial charge in [-0.2, -0.15) is 8.42 Å². The van der Waals surface area contributed by atoms with E-state index in [1.54, 1.807) is 24.3 Å². The molecule has 0 aliphatic carbocycles. The van der Waals surface area contributed by atoms with Crippen molar-refractivity contribution >= 4 is 56.0 Å². The monoisotopic (exact) mass is 492 g/mol. The molecule has 132 valence electrons. The second kappa shape index (κ2) is 7.00. The van der Waals surface area contributed by atoms with Gasteiger partial charge in [0.15, 0.2) is 5.75 Å². The van der Waals surface area contributed by atoms with Gasteiger partial charge in [0.1, 0.15) is 4.90 Å². The highest BCUT2D eigenvalue weighted by Crippen LogP contribution is 2.34. The average Bonchev–Trinajstić information content (AvgIpc) is 2.97. The van der Waals surface area contributed by atoms with Crippen LogP contribution in [0.15, 0.2) is 41.3 Å². The summed E-state index contributed by atoms with van der Waals surface area (Å²) in [5.74, 6) is 0.107. The summed E-state index contributed by atoms with van der Waals surface area (Å²) in [6.45, 7) is 2.96. The minimum atomic E-state index is -4.03. The number of halogens is 2. The minimum Gasteiger partial charge on any atom is -0.376 e. The number of nitrogens with zero attached hydrogens (tertiary/aromatic N) is 1. The third kappa shape index (κ3) is 3.85. The number of benzene rings is 2. The van der Waals surface area contributed by atoms with Crippen LogP contribution in [0.1, 0.15) is 5.56 Å². The minimum absolute atomic E-state index is 0.0108. The van der Waals surface area contributed by atoms with Crippen LogP contribution in [0.5, 0.6) is 5.75 Å². The van der Waals surface area contributed by atoms with E-state index in [1.165, 1.54) is 17.0 Å². The van der Waals surface area contributed by atoms with Crippen molar-refractivity contribution < 1.29 is 17.4 Å². The number of aryl methyl sites for hydroxylation is 1. The lowest BCUT2D eigenvalue weighted by Gasteiger charge is -2.15. The Kier molecular flexibility index (Phi) is 5.12. The van der Waals surface area contributed by atoms with Gasteiger partial charge in [-0.25, -0.2) is 4.79 Å². The Morgan fingerprint density at radius 2 is 1.92 bits per heavy atom. The number of hydrogen-bond acceptors (Lipinski definition) is 4. The third-order valence-corrected chi connectivity index (χ3v) is 5.95. The molecule has 1 N–H and O–H groups in total. The third-order valence-electron chi connectivity index (χ3n) is 3.63. The summed E-state index contributed by atoms with van der Waals surface area (Å²) >= 11 is 8.09. The Labute approximate surface area is 164 Å². The van der Waals surface area contributed by atoms with E-state index in [1.807, 2.05) is 29.5 Å². The van der Waals surface area contributed by atoms with E-state index in [9.17, 15) is 13.2 Å². The van der Waals surface area contributed by atoms with Crippen LogP contribution in [0.3, 0.4) is 0 Å². The molecular weight excluding hydrogens is 479 g/mol. The number of amides is 2. The number of urea groups is 1. The van der Waals surface area contributed by atoms with Gasteiger partial charge < -0.3 is 9.50 Å². The molecule has 6 nitrogen and oxygen atoms in total. The second-order valence-electron chi connectivity index (χ2n) is 5.47. The quantitative estimate of drug-likeness (QED) is 0.523. The smallest absolute Gasteiger partial charge is 0.339 e. The highest BCUT2D eigenvalue weighted by Gasteiger charge is 2.24. The highest BCUT2D eigenvalue weighted by atomic mass is 127. The van der Waals surface area contributed by atoms with Gasteiger partial charge in [-0.05, 0) is 71.5 Å². The Hall–Kier alpha value is -1.52. The number of anilines is 1. The van der Waals surface area contributed by atoms with Crippen LogP contribution in [-0.4, -0.2) is 27.5 Å². The van der Waals surface area contributed by atoms with Gasteiger partial charge in [-0.3, -0.25) is 4.90 Å². The molecule has 0 unspecified atom stereocenters. The van der Waals surface area contributed by atoms with E-state index < -0.39 is 10.1 Å². The molecule has 25 heavy (non-hydrogen) atoms. The lowest BCUT2D eigenvalue weighted by molar-refractivity contribution is 0.252. The molecule has 9 heteroatoms. The Morgan fingerprint density at radius 1 is 1.24 bits per heavy atom. The molecule has 0 radical (unpaired) electrons. The first-order valence-corrected chi connectivity index (χ1v) is 10.2. The molecule has 0 saturated carbocycles. The van der Waals surface area contributed by atoms with Gasteiger partial charge in [-0.1, -0.05) is 11.6 Å². The van der Waals surface area contributed by atoms with E-state index in [0.29, 0.717) is 22.3 Å². The van der Waals surface area contributed by atoms with E-state index in [-0.39, 0.29) is 21.7 Å². The van der Waals surface area contributed by atoms with Crippen molar-refractivity contribution in [1.82, 2.24) is 5.32 Å². The second-order valence-corrected chi connectivity index (χ2v) is 8.59. The predicted molar refractivity (Wildman–Crippen MR) is 104 cm³/mol. The highest BCUT2D eigenvalue weighted by molar-refractivity contribution is 14.1. The average molecular weight is 493 g/mol. The maximum Gasteiger partial charge on any atom is 0.339 e. The van der Waals surface area contributed by atoms with Crippen LogP contribution >= 0.6 is 34.2 Å². The summed E-state index contributed by atoms with van der Waals surface area (Å²) in [6, 6.07) is 9.19. The van der Waals surface area contributed by atoms with Crippen molar-refractivity contribution in [2.75, 3.05) is 18.0 Å². The van der Waals surface area contributed by atoms with Crippen molar-refractivity contribution in [3.8, 4) is 5.75 Å². The number of nitrogens with one attached hydrogen (secondary N) is 1. The van der Waals surface area contributed by atoms with Gasteiger partial charge in [-0.15, -0.1) is 0 Å². The number of carbonyl (C=O) groups excluding carboxylic acids is 1. The Morgan fingerprint density at radius 3 is 2.48 bits per heavy atom. The van der Waals surface area contributed by atoms with Crippen LogP contribution in [-0.2, 0) is 10.1 Å². The van der Waals surface area contributed by atoms with Crippen molar-refractivity contribution in [2.45, 2.75) is 11.8 Å². The molecule has 1 fully saturated rings. The largest absolute Gasteiger partial charge is 0.376 e. The predicted octanol–water partition coefficient (Wildman–Crippen LogP) is 3.55. The topological polar surface area (TPSA) is 75.7 Å². The molecular formula is C16H14ClIN2O4S. The SMILES string of the molecule is Cc1cc(Cl)c(OS(=O)(=O)c2ccc(N3CCNC3=O)cc2)c(I)c1. The Bertz CT molecular complexity index is 909. The molecule has 0 bridgehead atoms. The zero-order valence-corrected chi connectivity index (χ0v) is 16.9. The molecule has 2 aromatic carbocycles. The van der Waals surface area contributed by atoms with Gasteiger partial charge in [0, 0.05) is 18.8 Å². The fourth-order valence-electron chi connectivity index (χ4n) is 2.43. The summed E-state index contributed by atoms with van der Waals surface area (Å²) in [5, 5.41) is 2.93. The van der Waals surface area contributed by atoms with Crippen molar-refractivity contribution in [2.24, 2.45) is 0 Å². The van der Waals surface area contributed by atoms with Crippen LogP contribution in [0.4, 0.5) is 10.5 Å². The first-order valence-electron chi connectivity index (χ1n) is 7.33. The lowest BCUT2D eigenvalue weighted by Crippen LogP contribution is -2.27. The maximum absolute atomic E-state index is 12.5. The van der Waals surface area contributed by atoms with Crippen LogP contribution in [0.25, 0.3) is 0 Å². The zero-order valence-electron chi connectivity index (χ0n) is 13.1. The number of hydrogen-bond donors (Lipinski definition) is 1. The van der Waals surface area contributed by atoms with E-state index in [4.69, 9.17) is 15.8 Å². The van der Waals surface area contributed by atoms with Crippen LogP contribution in [0, 0.1) is 10.5 Å². The standard InChI is InChI=1S/C16H14ClIN2O4S/c1-10-8-13(17)15(14(18)9-10)24-25(22,23)12-4-2-11(3-5-12)20-7-6-19-16(20)21/h2-5,8-9H,6-7H2,1H3,(H,19,21). The molecule has 0 aromatic heterocycles. The van der Waals surface area contributed by atoms with Gasteiger partial charge in [0.2, 0.25) is 0 Å². The van der Waals surface area contributed by atoms with Crippen molar-refractivity contribution in [3.63, 3.8) is 0 Å². The Balaban J connectivity index is 1.87. The molecule has 1 saturated heterocycles. The number of carbonyl (C=O) groups is 1. The van der Waals surface area contributed by atoms with Crippen LogP contribution in [0.2, 0.25) is 5.02 Å².